The molecule has 194 valence electrons. The fraction of sp³-hybridized carbons (Fsp3) is 0.214. The van der Waals surface area contributed by atoms with E-state index in [2.05, 4.69) is 15.5 Å². The molecule has 0 bridgehead atoms. The smallest absolute Gasteiger partial charge is 0.352 e. The van der Waals surface area contributed by atoms with Gasteiger partial charge in [-0.1, -0.05) is 48.5 Å². The summed E-state index contributed by atoms with van der Waals surface area (Å²) in [6.45, 7) is 2.32. The van der Waals surface area contributed by atoms with Gasteiger partial charge in [0, 0.05) is 41.0 Å². The molecule has 1 amide bonds. The average molecular weight is 523 g/mol. The van der Waals surface area contributed by atoms with Gasteiger partial charge in [-0.25, -0.2) is 4.39 Å². The van der Waals surface area contributed by atoms with Crippen LogP contribution in [0.3, 0.4) is 0 Å². The van der Waals surface area contributed by atoms with Crippen LogP contribution < -0.4 is 10.2 Å². The summed E-state index contributed by atoms with van der Waals surface area (Å²) in [7, 11) is 0. The first-order chi connectivity index (χ1) is 18.1. The molecule has 1 aliphatic heterocycles. The van der Waals surface area contributed by atoms with E-state index in [1.54, 1.807) is 12.1 Å². The zero-order valence-electron chi connectivity index (χ0n) is 20.2. The Morgan fingerprint density at radius 2 is 1.68 bits per heavy atom. The Bertz CT molecular complexity index is 1540. The lowest BCUT2D eigenvalue weighted by molar-refractivity contribution is -0.138. The van der Waals surface area contributed by atoms with Crippen molar-refractivity contribution in [2.45, 2.75) is 25.6 Å². The van der Waals surface area contributed by atoms with Crippen LogP contribution in [0, 0.1) is 5.82 Å². The maximum Gasteiger partial charge on any atom is 0.417 e. The molecule has 1 atom stereocenters. The number of nitrogens with zero attached hydrogens (tertiary/aromatic N) is 3. The zero-order chi connectivity index (χ0) is 27.0. The number of anilines is 1. The fourth-order valence-corrected chi connectivity index (χ4v) is 4.68. The van der Waals surface area contributed by atoms with Gasteiger partial charge in [0.1, 0.15) is 11.5 Å². The predicted octanol–water partition coefficient (Wildman–Crippen LogP) is 5.67. The molecule has 1 aromatic heterocycles. The van der Waals surface area contributed by atoms with E-state index in [0.717, 1.165) is 28.5 Å². The van der Waals surface area contributed by atoms with Crippen molar-refractivity contribution in [1.29, 1.82) is 0 Å². The Morgan fingerprint density at radius 1 is 0.974 bits per heavy atom. The Hall–Kier alpha value is -4.34. The molecule has 2 heterocycles. The van der Waals surface area contributed by atoms with Crippen molar-refractivity contribution in [1.82, 2.24) is 15.5 Å². The van der Waals surface area contributed by atoms with Gasteiger partial charge in [0.25, 0.3) is 5.91 Å². The first-order valence-electron chi connectivity index (χ1n) is 11.9. The van der Waals surface area contributed by atoms with E-state index in [9.17, 15) is 27.2 Å². The Morgan fingerprint density at radius 3 is 2.37 bits per heavy atom. The molecule has 0 saturated carbocycles. The van der Waals surface area contributed by atoms with Crippen LogP contribution in [0.5, 0.6) is 0 Å². The van der Waals surface area contributed by atoms with Crippen LogP contribution in [0.15, 0.2) is 66.7 Å². The number of halogens is 4. The molecule has 3 aromatic carbocycles. The van der Waals surface area contributed by atoms with Gasteiger partial charge in [-0.3, -0.25) is 9.59 Å². The minimum absolute atomic E-state index is 0.0347. The molecule has 1 unspecified atom stereocenters. The van der Waals surface area contributed by atoms with E-state index < -0.39 is 35.1 Å². The summed E-state index contributed by atoms with van der Waals surface area (Å²) in [4.78, 5) is 26.3. The number of aromatic nitrogens is 2. The van der Waals surface area contributed by atoms with Crippen LogP contribution in [0.25, 0.3) is 22.0 Å². The number of nitrogens with one attached hydrogen (secondary N) is 1. The van der Waals surface area contributed by atoms with E-state index in [0.29, 0.717) is 42.7 Å². The van der Waals surface area contributed by atoms with Crippen molar-refractivity contribution in [2.75, 3.05) is 18.0 Å². The number of alkyl halides is 3. The number of rotatable bonds is 5. The Balaban J connectivity index is 1.38. The number of Topliss-reactive ketones (excluding diaryl/α,β-unsaturated/α-hetero) is 1. The molecule has 38 heavy (non-hydrogen) atoms. The third-order valence-corrected chi connectivity index (χ3v) is 6.59. The van der Waals surface area contributed by atoms with E-state index in [4.69, 9.17) is 0 Å². The molecule has 6 nitrogen and oxygen atoms in total. The second-order valence-corrected chi connectivity index (χ2v) is 9.14. The predicted molar refractivity (Wildman–Crippen MR) is 134 cm³/mol. The minimum Gasteiger partial charge on any atom is -0.352 e. The number of ketones is 1. The highest BCUT2D eigenvalue weighted by Gasteiger charge is 2.36. The number of hydrogen-bond donors (Lipinski definition) is 1. The summed E-state index contributed by atoms with van der Waals surface area (Å²) in [6, 6.07) is 16.3. The van der Waals surface area contributed by atoms with Gasteiger partial charge in [0.05, 0.1) is 11.1 Å². The zero-order valence-corrected chi connectivity index (χ0v) is 20.2. The second kappa shape index (κ2) is 9.85. The lowest BCUT2D eigenvalue weighted by atomic mass is 10.0. The second-order valence-electron chi connectivity index (χ2n) is 9.14. The third-order valence-electron chi connectivity index (χ3n) is 6.59. The number of carbonyl (C=O) groups is 2. The maximum atomic E-state index is 13.4. The van der Waals surface area contributed by atoms with Crippen LogP contribution in [-0.4, -0.2) is 41.0 Å². The molecule has 5 rings (SSSR count). The molecule has 1 N–H and O–H groups in total. The van der Waals surface area contributed by atoms with Gasteiger partial charge in [-0.2, -0.15) is 13.2 Å². The van der Waals surface area contributed by atoms with Crippen LogP contribution in [0.4, 0.5) is 23.4 Å². The van der Waals surface area contributed by atoms with Crippen molar-refractivity contribution in [2.24, 2.45) is 0 Å². The summed E-state index contributed by atoms with van der Waals surface area (Å²) in [6.07, 6.45) is -4.38. The topological polar surface area (TPSA) is 75.2 Å². The summed E-state index contributed by atoms with van der Waals surface area (Å²) >= 11 is 0. The molecule has 1 saturated heterocycles. The van der Waals surface area contributed by atoms with Crippen molar-refractivity contribution >= 4 is 28.3 Å². The van der Waals surface area contributed by atoms with Crippen LogP contribution in [-0.2, 0) is 6.18 Å². The molecule has 10 heteroatoms. The molecule has 1 fully saturated rings. The lowest BCUT2D eigenvalue weighted by Crippen LogP contribution is -2.38. The molecule has 1 aliphatic rings. The van der Waals surface area contributed by atoms with E-state index in [-0.39, 0.29) is 5.78 Å². The third kappa shape index (κ3) is 4.93. The van der Waals surface area contributed by atoms with Crippen LogP contribution in [0.2, 0.25) is 0 Å². The quantitative estimate of drug-likeness (QED) is 0.270. The number of hydrogen-bond acceptors (Lipinski definition) is 5. The van der Waals surface area contributed by atoms with Crippen LogP contribution in [0.1, 0.15) is 39.6 Å². The van der Waals surface area contributed by atoms with Gasteiger partial charge >= 0.3 is 6.18 Å². The first kappa shape index (κ1) is 25.3. The standard InChI is InChI=1S/C28H22F4N4O2/c1-16(37)17-6-8-18(9-7-17)25-21-4-2-3-5-22(21)26(35-34-25)36-13-12-20(15-36)33-27(38)23-11-10-19(29)14-24(23)28(30,31)32/h2-11,14,20H,12-13,15H2,1H3,(H,33,38). The number of carbonyl (C=O) groups excluding carboxylic acids is 2. The molecular weight excluding hydrogens is 500 g/mol. The van der Waals surface area contributed by atoms with Gasteiger partial charge in [0.2, 0.25) is 0 Å². The minimum atomic E-state index is -4.86. The molecule has 0 spiro atoms. The van der Waals surface area contributed by atoms with Crippen LogP contribution >= 0.6 is 0 Å². The maximum absolute atomic E-state index is 13.4. The number of amides is 1. The van der Waals surface area contributed by atoms with Crippen molar-refractivity contribution < 1.29 is 27.2 Å². The normalized spacial score (nSPS) is 15.6. The van der Waals surface area contributed by atoms with Crippen molar-refractivity contribution in [3.8, 4) is 11.3 Å². The fourth-order valence-electron chi connectivity index (χ4n) is 4.68. The highest BCUT2D eigenvalue weighted by molar-refractivity contribution is 6.01. The summed E-state index contributed by atoms with van der Waals surface area (Å²) in [5.74, 6) is -1.42. The van der Waals surface area contributed by atoms with Crippen molar-refractivity contribution in [3.05, 3.63) is 89.2 Å². The first-order valence-corrected chi connectivity index (χ1v) is 11.9. The highest BCUT2D eigenvalue weighted by Crippen LogP contribution is 2.34. The van der Waals surface area contributed by atoms with Gasteiger partial charge in [-0.05, 0) is 31.5 Å². The van der Waals surface area contributed by atoms with E-state index >= 15 is 0 Å². The number of fused-ring (bicyclic) bond motifs is 1. The van der Waals surface area contributed by atoms with Crippen molar-refractivity contribution in [3.63, 3.8) is 0 Å². The highest BCUT2D eigenvalue weighted by atomic mass is 19.4. The SMILES string of the molecule is CC(=O)c1ccc(-c2nnc(N3CCC(NC(=O)c4ccc(F)cc4C(F)(F)F)C3)c3ccccc23)cc1. The largest absolute Gasteiger partial charge is 0.417 e. The van der Waals surface area contributed by atoms with E-state index in [1.807, 2.05) is 41.3 Å². The molecular formula is C28H22F4N4O2. The van der Waals surface area contributed by atoms with Gasteiger partial charge in [0.15, 0.2) is 11.6 Å². The van der Waals surface area contributed by atoms with Gasteiger partial charge in [-0.15, -0.1) is 10.2 Å². The molecule has 0 radical (unpaired) electrons. The van der Waals surface area contributed by atoms with E-state index in [1.165, 1.54) is 6.92 Å². The Labute approximate surface area is 215 Å². The lowest BCUT2D eigenvalue weighted by Gasteiger charge is -2.20. The summed E-state index contributed by atoms with van der Waals surface area (Å²) in [5.41, 5.74) is 0.114. The average Bonchev–Trinajstić information content (AvgIpc) is 3.35. The van der Waals surface area contributed by atoms with Gasteiger partial charge < -0.3 is 10.2 Å². The summed E-state index contributed by atoms with van der Waals surface area (Å²) < 4.78 is 53.5. The number of benzene rings is 3. The summed E-state index contributed by atoms with van der Waals surface area (Å²) in [5, 5.41) is 13.2. The molecule has 0 aliphatic carbocycles. The Kier molecular flexibility index (Phi) is 6.56. The monoisotopic (exact) mass is 522 g/mol. The molecule has 4 aromatic rings.